The van der Waals surface area contributed by atoms with E-state index in [0.29, 0.717) is 23.0 Å². The number of benzene rings is 2. The van der Waals surface area contributed by atoms with Crippen LogP contribution < -0.4 is 0 Å². The van der Waals surface area contributed by atoms with Crippen LogP contribution in [0.1, 0.15) is 132 Å². The van der Waals surface area contributed by atoms with E-state index in [9.17, 15) is 19.8 Å². The molecule has 0 radical (unpaired) electrons. The van der Waals surface area contributed by atoms with Crippen LogP contribution >= 0.6 is 0 Å². The SMILES string of the molecule is Cc1c(C23CC4CC(C2)CC(c2cc(C(C)C)c(O)c(C=O)c2C)(C4)C3)cc(C(C)C)c(O)c1C=O. The van der Waals surface area contributed by atoms with E-state index in [1.807, 2.05) is 13.8 Å². The molecule has 4 fully saturated rings. The fraction of sp³-hybridized carbons (Fsp3) is 0.562. The summed E-state index contributed by atoms with van der Waals surface area (Å²) in [7, 11) is 0. The maximum Gasteiger partial charge on any atom is 0.154 e. The van der Waals surface area contributed by atoms with E-state index in [0.717, 1.165) is 66.9 Å². The Morgan fingerprint density at radius 2 is 1.11 bits per heavy atom. The first kappa shape index (κ1) is 25.0. The van der Waals surface area contributed by atoms with Crippen molar-refractivity contribution in [1.29, 1.82) is 0 Å². The molecule has 36 heavy (non-hydrogen) atoms. The third-order valence-corrected chi connectivity index (χ3v) is 9.96. The number of aldehydes is 2. The third kappa shape index (κ3) is 3.47. The zero-order valence-electron chi connectivity index (χ0n) is 22.6. The number of phenolic OH excluding ortho intramolecular Hbond substituents is 2. The molecule has 2 N–H and O–H groups in total. The Bertz CT molecular complexity index is 1140. The molecule has 0 saturated heterocycles. The van der Waals surface area contributed by atoms with Gasteiger partial charge in [-0.25, -0.2) is 0 Å². The van der Waals surface area contributed by atoms with Gasteiger partial charge in [-0.3, -0.25) is 9.59 Å². The molecule has 4 bridgehead atoms. The second kappa shape index (κ2) is 8.46. The highest BCUT2D eigenvalue weighted by Crippen LogP contribution is 2.67. The predicted octanol–water partition coefficient (Wildman–Crippen LogP) is 7.38. The summed E-state index contributed by atoms with van der Waals surface area (Å²) >= 11 is 0. The van der Waals surface area contributed by atoms with E-state index in [-0.39, 0.29) is 34.2 Å². The van der Waals surface area contributed by atoms with Gasteiger partial charge in [-0.05, 0) is 120 Å². The number of hydrogen-bond donors (Lipinski definition) is 2. The molecule has 0 aliphatic heterocycles. The number of phenols is 2. The Labute approximate surface area is 215 Å². The second-order valence-electron chi connectivity index (χ2n) is 12.9. The van der Waals surface area contributed by atoms with E-state index in [4.69, 9.17) is 0 Å². The van der Waals surface area contributed by atoms with Crippen molar-refractivity contribution in [3.8, 4) is 11.5 Å². The van der Waals surface area contributed by atoms with Crippen molar-refractivity contribution >= 4 is 12.6 Å². The van der Waals surface area contributed by atoms with Crippen LogP contribution in [0.5, 0.6) is 11.5 Å². The van der Waals surface area contributed by atoms with Gasteiger partial charge in [-0.1, -0.05) is 39.8 Å². The normalized spacial score (nSPS) is 28.8. The monoisotopic (exact) mass is 488 g/mol. The fourth-order valence-corrected chi connectivity index (χ4v) is 8.78. The summed E-state index contributed by atoms with van der Waals surface area (Å²) in [6.07, 6.45) is 8.33. The topological polar surface area (TPSA) is 74.6 Å². The summed E-state index contributed by atoms with van der Waals surface area (Å²) in [5.74, 6) is 1.69. The Balaban J connectivity index is 1.73. The second-order valence-corrected chi connectivity index (χ2v) is 12.9. The van der Waals surface area contributed by atoms with Crippen molar-refractivity contribution in [2.45, 2.75) is 103 Å². The van der Waals surface area contributed by atoms with E-state index in [1.54, 1.807) is 0 Å². The summed E-state index contributed by atoms with van der Waals surface area (Å²) in [6.45, 7) is 12.3. The molecular weight excluding hydrogens is 448 g/mol. The standard InChI is InChI=1S/C32H40O4/c1-17(2)23-8-27(19(5)25(14-33)29(23)35)31-10-21-7-22(11-31)13-32(12-21,16-31)28-9-24(18(3)4)30(36)26(15-34)20(28)6/h8-9,14-15,17-18,21-22,35-36H,7,10-13,16H2,1-6H3. The van der Waals surface area contributed by atoms with Crippen LogP contribution in [-0.2, 0) is 10.8 Å². The lowest BCUT2D eigenvalue weighted by Gasteiger charge is -2.63. The van der Waals surface area contributed by atoms with Gasteiger partial charge in [-0.2, -0.15) is 0 Å². The van der Waals surface area contributed by atoms with Gasteiger partial charge in [0.1, 0.15) is 11.5 Å². The van der Waals surface area contributed by atoms with Crippen LogP contribution in [0.25, 0.3) is 0 Å². The molecule has 0 aromatic heterocycles. The first-order valence-electron chi connectivity index (χ1n) is 13.6. The molecule has 4 saturated carbocycles. The first-order valence-corrected chi connectivity index (χ1v) is 13.6. The van der Waals surface area contributed by atoms with E-state index in [1.165, 1.54) is 17.5 Å². The van der Waals surface area contributed by atoms with Crippen LogP contribution in [0.3, 0.4) is 0 Å². The molecule has 4 nitrogen and oxygen atoms in total. The van der Waals surface area contributed by atoms with Gasteiger partial charge >= 0.3 is 0 Å². The minimum atomic E-state index is -0.0487. The van der Waals surface area contributed by atoms with E-state index in [2.05, 4.69) is 39.8 Å². The average Bonchev–Trinajstić information content (AvgIpc) is 2.78. The van der Waals surface area contributed by atoms with Crippen LogP contribution in [0.2, 0.25) is 0 Å². The molecule has 0 unspecified atom stereocenters. The molecule has 4 heteroatoms. The smallest absolute Gasteiger partial charge is 0.154 e. The molecule has 0 heterocycles. The molecule has 0 amide bonds. The highest BCUT2D eigenvalue weighted by molar-refractivity contribution is 5.84. The molecule has 4 aliphatic rings. The molecule has 6 rings (SSSR count). The van der Waals surface area contributed by atoms with Crippen molar-refractivity contribution < 1.29 is 19.8 Å². The summed E-state index contributed by atoms with van der Waals surface area (Å²) in [6, 6.07) is 4.40. The first-order chi connectivity index (χ1) is 17.0. The Morgan fingerprint density at radius 1 is 0.750 bits per heavy atom. The zero-order valence-corrected chi connectivity index (χ0v) is 22.6. The van der Waals surface area contributed by atoms with Gasteiger partial charge in [0, 0.05) is 0 Å². The van der Waals surface area contributed by atoms with Crippen LogP contribution in [0, 0.1) is 25.7 Å². The van der Waals surface area contributed by atoms with Crippen LogP contribution in [-0.4, -0.2) is 22.8 Å². The molecule has 0 spiro atoms. The van der Waals surface area contributed by atoms with Crippen molar-refractivity contribution in [3.05, 3.63) is 56.6 Å². The number of carbonyl (C=O) groups is 2. The predicted molar refractivity (Wildman–Crippen MR) is 143 cm³/mol. The lowest BCUT2D eigenvalue weighted by Crippen LogP contribution is -2.56. The summed E-state index contributed by atoms with van der Waals surface area (Å²) < 4.78 is 0. The van der Waals surface area contributed by atoms with Crippen molar-refractivity contribution in [3.63, 3.8) is 0 Å². The van der Waals surface area contributed by atoms with Gasteiger partial charge < -0.3 is 10.2 Å². The maximum atomic E-state index is 12.1. The van der Waals surface area contributed by atoms with Crippen molar-refractivity contribution in [1.82, 2.24) is 0 Å². The third-order valence-electron chi connectivity index (χ3n) is 9.96. The summed E-state index contributed by atoms with van der Waals surface area (Å²) in [5, 5.41) is 21.8. The highest BCUT2D eigenvalue weighted by Gasteiger charge is 2.59. The van der Waals surface area contributed by atoms with E-state index < -0.39 is 0 Å². The fourth-order valence-electron chi connectivity index (χ4n) is 8.78. The molecule has 4 aliphatic carbocycles. The Kier molecular flexibility index (Phi) is 5.89. The van der Waals surface area contributed by atoms with Gasteiger partial charge in [0.2, 0.25) is 0 Å². The lowest BCUT2D eigenvalue weighted by molar-refractivity contribution is -0.0287. The van der Waals surface area contributed by atoms with Crippen molar-refractivity contribution in [2.24, 2.45) is 11.8 Å². The van der Waals surface area contributed by atoms with Gasteiger partial charge in [0.25, 0.3) is 0 Å². The largest absolute Gasteiger partial charge is 0.507 e. The van der Waals surface area contributed by atoms with Crippen LogP contribution in [0.4, 0.5) is 0 Å². The highest BCUT2D eigenvalue weighted by atomic mass is 16.3. The Morgan fingerprint density at radius 3 is 1.42 bits per heavy atom. The van der Waals surface area contributed by atoms with Gasteiger partial charge in [-0.15, -0.1) is 0 Å². The lowest BCUT2D eigenvalue weighted by atomic mass is 9.41. The summed E-state index contributed by atoms with van der Waals surface area (Å²) in [4.78, 5) is 24.2. The molecule has 0 atom stereocenters. The number of rotatable bonds is 6. The maximum absolute atomic E-state index is 12.1. The Hall–Kier alpha value is -2.62. The van der Waals surface area contributed by atoms with Gasteiger partial charge in [0.15, 0.2) is 12.6 Å². The van der Waals surface area contributed by atoms with E-state index >= 15 is 0 Å². The zero-order chi connectivity index (χ0) is 26.2. The minimum absolute atomic E-state index is 0.0487. The number of hydrogen-bond acceptors (Lipinski definition) is 4. The molecule has 2 aromatic rings. The number of aromatic hydroxyl groups is 2. The molecular formula is C32H40O4. The average molecular weight is 489 g/mol. The molecule has 192 valence electrons. The summed E-state index contributed by atoms with van der Waals surface area (Å²) in [5.41, 5.74) is 6.80. The quantitative estimate of drug-likeness (QED) is 0.416. The van der Waals surface area contributed by atoms with Gasteiger partial charge in [0.05, 0.1) is 11.1 Å². The minimum Gasteiger partial charge on any atom is -0.507 e. The molecule has 2 aromatic carbocycles. The van der Waals surface area contributed by atoms with Crippen molar-refractivity contribution in [2.75, 3.05) is 0 Å². The number of carbonyl (C=O) groups excluding carboxylic acids is 2. The van der Waals surface area contributed by atoms with Crippen LogP contribution in [0.15, 0.2) is 12.1 Å².